The standard InChI is InChI=1S/C10H11ClN4S2/c1-2-7-14-10(17-15-7)16-9-8(11)6(5-12)3-4-13-9/h3-4H,2,5,12H2,1H3. The monoisotopic (exact) mass is 286 g/mol. The van der Waals surface area contributed by atoms with Crippen LogP contribution in [0.3, 0.4) is 0 Å². The number of pyridine rings is 1. The van der Waals surface area contributed by atoms with Gasteiger partial charge in [-0.1, -0.05) is 18.5 Å². The van der Waals surface area contributed by atoms with Gasteiger partial charge in [0.2, 0.25) is 0 Å². The molecule has 2 aromatic heterocycles. The molecule has 17 heavy (non-hydrogen) atoms. The minimum absolute atomic E-state index is 0.408. The summed E-state index contributed by atoms with van der Waals surface area (Å²) in [6, 6.07) is 1.82. The average Bonchev–Trinajstić information content (AvgIpc) is 2.79. The van der Waals surface area contributed by atoms with E-state index in [0.717, 1.165) is 27.2 Å². The Morgan fingerprint density at radius 3 is 3.00 bits per heavy atom. The van der Waals surface area contributed by atoms with Gasteiger partial charge in [-0.05, 0) is 34.9 Å². The lowest BCUT2D eigenvalue weighted by Crippen LogP contribution is -1.98. The Hall–Kier alpha value is -0.690. The molecule has 7 heteroatoms. The van der Waals surface area contributed by atoms with Crippen LogP contribution in [0.4, 0.5) is 0 Å². The van der Waals surface area contributed by atoms with Crippen LogP contribution < -0.4 is 5.73 Å². The molecule has 0 aliphatic rings. The highest BCUT2D eigenvalue weighted by molar-refractivity contribution is 8.01. The molecular formula is C10H11ClN4S2. The third-order valence-corrected chi connectivity index (χ3v) is 4.43. The molecule has 90 valence electrons. The van der Waals surface area contributed by atoms with Crippen molar-refractivity contribution < 1.29 is 0 Å². The maximum absolute atomic E-state index is 6.19. The fourth-order valence-electron chi connectivity index (χ4n) is 1.20. The van der Waals surface area contributed by atoms with Crippen LogP contribution in [0.2, 0.25) is 5.02 Å². The van der Waals surface area contributed by atoms with E-state index in [4.69, 9.17) is 17.3 Å². The van der Waals surface area contributed by atoms with Crippen LogP contribution >= 0.6 is 34.9 Å². The van der Waals surface area contributed by atoms with E-state index in [0.29, 0.717) is 11.6 Å². The molecule has 0 bridgehead atoms. The number of aromatic nitrogens is 3. The van der Waals surface area contributed by atoms with Gasteiger partial charge in [-0.15, -0.1) is 0 Å². The van der Waals surface area contributed by atoms with Crippen LogP contribution in [0.15, 0.2) is 21.6 Å². The second-order valence-electron chi connectivity index (χ2n) is 3.23. The van der Waals surface area contributed by atoms with Crippen molar-refractivity contribution in [1.82, 2.24) is 14.3 Å². The Balaban J connectivity index is 2.23. The zero-order valence-corrected chi connectivity index (χ0v) is 11.6. The zero-order chi connectivity index (χ0) is 12.3. The Morgan fingerprint density at radius 2 is 2.35 bits per heavy atom. The lowest BCUT2D eigenvalue weighted by molar-refractivity contribution is 0.968. The van der Waals surface area contributed by atoms with Crippen LogP contribution in [0.25, 0.3) is 0 Å². The molecule has 2 heterocycles. The first-order valence-electron chi connectivity index (χ1n) is 5.08. The number of hydrogen-bond acceptors (Lipinski definition) is 6. The lowest BCUT2D eigenvalue weighted by atomic mass is 10.3. The molecule has 0 saturated heterocycles. The van der Waals surface area contributed by atoms with Gasteiger partial charge >= 0.3 is 0 Å². The summed E-state index contributed by atoms with van der Waals surface area (Å²) in [6.45, 7) is 2.43. The van der Waals surface area contributed by atoms with Gasteiger partial charge in [0.1, 0.15) is 10.9 Å². The minimum Gasteiger partial charge on any atom is -0.326 e. The number of nitrogens with zero attached hydrogens (tertiary/aromatic N) is 3. The number of hydrogen-bond donors (Lipinski definition) is 1. The Labute approximate surface area is 113 Å². The van der Waals surface area contributed by atoms with Gasteiger partial charge in [0, 0.05) is 19.2 Å². The van der Waals surface area contributed by atoms with E-state index in [1.54, 1.807) is 6.20 Å². The van der Waals surface area contributed by atoms with Gasteiger partial charge in [-0.25, -0.2) is 9.97 Å². The highest BCUT2D eigenvalue weighted by atomic mass is 35.5. The molecule has 0 aromatic carbocycles. The fraction of sp³-hybridized carbons (Fsp3) is 0.300. The van der Waals surface area contributed by atoms with Gasteiger partial charge in [0.15, 0.2) is 4.34 Å². The predicted octanol–water partition coefficient (Wildman–Crippen LogP) is 2.76. The second-order valence-corrected chi connectivity index (χ2v) is 5.59. The predicted molar refractivity (Wildman–Crippen MR) is 70.5 cm³/mol. The van der Waals surface area contributed by atoms with Crippen LogP contribution in [0.5, 0.6) is 0 Å². The first kappa shape index (κ1) is 12.8. The van der Waals surface area contributed by atoms with Crippen LogP contribution in [0.1, 0.15) is 18.3 Å². The SMILES string of the molecule is CCc1nsc(Sc2nccc(CN)c2Cl)n1. The molecule has 0 unspecified atom stereocenters. The molecule has 2 N–H and O–H groups in total. The van der Waals surface area contributed by atoms with Crippen molar-refractivity contribution in [3.63, 3.8) is 0 Å². The van der Waals surface area contributed by atoms with Crippen molar-refractivity contribution in [3.8, 4) is 0 Å². The second kappa shape index (κ2) is 5.77. The summed E-state index contributed by atoms with van der Waals surface area (Å²) in [5, 5.41) is 1.33. The summed E-state index contributed by atoms with van der Waals surface area (Å²) in [5.74, 6) is 0.851. The molecule has 0 spiro atoms. The van der Waals surface area contributed by atoms with Gasteiger partial charge in [0.25, 0.3) is 0 Å². The molecule has 0 radical (unpaired) electrons. The average molecular weight is 287 g/mol. The van der Waals surface area contributed by atoms with E-state index in [1.807, 2.05) is 13.0 Å². The van der Waals surface area contributed by atoms with Gasteiger partial charge < -0.3 is 5.73 Å². The molecule has 0 amide bonds. The van der Waals surface area contributed by atoms with Crippen molar-refractivity contribution in [2.75, 3.05) is 0 Å². The zero-order valence-electron chi connectivity index (χ0n) is 9.18. The first-order chi connectivity index (χ1) is 8.24. The molecule has 0 aliphatic carbocycles. The third-order valence-electron chi connectivity index (χ3n) is 2.11. The summed E-state index contributed by atoms with van der Waals surface area (Å²) in [5.41, 5.74) is 6.48. The van der Waals surface area contributed by atoms with Crippen molar-refractivity contribution >= 4 is 34.9 Å². The van der Waals surface area contributed by atoms with E-state index in [1.165, 1.54) is 23.3 Å². The lowest BCUT2D eigenvalue weighted by Gasteiger charge is -2.04. The van der Waals surface area contributed by atoms with Crippen LogP contribution in [-0.2, 0) is 13.0 Å². The molecular weight excluding hydrogens is 276 g/mol. The normalized spacial score (nSPS) is 10.8. The highest BCUT2D eigenvalue weighted by Crippen LogP contribution is 2.33. The van der Waals surface area contributed by atoms with E-state index >= 15 is 0 Å². The Kier molecular flexibility index (Phi) is 4.33. The van der Waals surface area contributed by atoms with Gasteiger partial charge in [0.05, 0.1) is 5.02 Å². The number of halogens is 1. The summed E-state index contributed by atoms with van der Waals surface area (Å²) in [4.78, 5) is 8.59. The summed E-state index contributed by atoms with van der Waals surface area (Å²) in [6.07, 6.45) is 2.54. The number of aryl methyl sites for hydroxylation is 1. The molecule has 2 aromatic rings. The van der Waals surface area contributed by atoms with Crippen LogP contribution in [-0.4, -0.2) is 14.3 Å². The van der Waals surface area contributed by atoms with E-state index in [2.05, 4.69) is 14.3 Å². The Bertz CT molecular complexity index is 515. The highest BCUT2D eigenvalue weighted by Gasteiger charge is 2.11. The van der Waals surface area contributed by atoms with Gasteiger partial charge in [-0.3, -0.25) is 0 Å². The maximum atomic E-state index is 6.19. The summed E-state index contributed by atoms with van der Waals surface area (Å²) in [7, 11) is 0. The summed E-state index contributed by atoms with van der Waals surface area (Å²) < 4.78 is 5.07. The first-order valence-corrected chi connectivity index (χ1v) is 7.05. The molecule has 0 aliphatic heterocycles. The van der Waals surface area contributed by atoms with Crippen molar-refractivity contribution in [2.24, 2.45) is 5.73 Å². The minimum atomic E-state index is 0.408. The van der Waals surface area contributed by atoms with Crippen LogP contribution in [0, 0.1) is 0 Å². The topological polar surface area (TPSA) is 64.7 Å². The number of rotatable bonds is 4. The summed E-state index contributed by atoms with van der Waals surface area (Å²) >= 11 is 8.98. The molecule has 0 saturated carbocycles. The van der Waals surface area contributed by atoms with Crippen molar-refractivity contribution in [3.05, 3.63) is 28.7 Å². The van der Waals surface area contributed by atoms with Gasteiger partial charge in [-0.2, -0.15) is 4.37 Å². The third kappa shape index (κ3) is 2.95. The van der Waals surface area contributed by atoms with Crippen molar-refractivity contribution in [2.45, 2.75) is 29.3 Å². The van der Waals surface area contributed by atoms with E-state index in [9.17, 15) is 0 Å². The van der Waals surface area contributed by atoms with E-state index in [-0.39, 0.29) is 0 Å². The number of nitrogens with two attached hydrogens (primary N) is 1. The Morgan fingerprint density at radius 1 is 1.53 bits per heavy atom. The quantitative estimate of drug-likeness (QED) is 0.936. The molecule has 4 nitrogen and oxygen atoms in total. The van der Waals surface area contributed by atoms with E-state index < -0.39 is 0 Å². The maximum Gasteiger partial charge on any atom is 0.176 e. The molecule has 0 fully saturated rings. The molecule has 2 rings (SSSR count). The smallest absolute Gasteiger partial charge is 0.176 e. The molecule has 0 atom stereocenters. The largest absolute Gasteiger partial charge is 0.326 e. The fourth-order valence-corrected chi connectivity index (χ4v) is 3.15. The van der Waals surface area contributed by atoms with Crippen molar-refractivity contribution in [1.29, 1.82) is 0 Å².